The summed E-state index contributed by atoms with van der Waals surface area (Å²) < 4.78 is 5.25. The van der Waals surface area contributed by atoms with Gasteiger partial charge in [-0.15, -0.1) is 0 Å². The molecule has 0 saturated heterocycles. The van der Waals surface area contributed by atoms with E-state index >= 15 is 0 Å². The van der Waals surface area contributed by atoms with Crippen molar-refractivity contribution in [2.45, 2.75) is 57.0 Å². The predicted octanol–water partition coefficient (Wildman–Crippen LogP) is 4.27. The number of carbonyl (C=O) groups excluding carboxylic acids is 1. The number of rotatable bonds is 7. The summed E-state index contributed by atoms with van der Waals surface area (Å²) in [6, 6.07) is 11.8. The van der Waals surface area contributed by atoms with Gasteiger partial charge >= 0.3 is 0 Å². The second-order valence-electron chi connectivity index (χ2n) is 8.93. The normalized spacial score (nSPS) is 17.8. The third kappa shape index (κ3) is 4.74. The van der Waals surface area contributed by atoms with Gasteiger partial charge in [0.05, 0.1) is 30.6 Å². The predicted molar refractivity (Wildman–Crippen MR) is 123 cm³/mol. The van der Waals surface area contributed by atoms with E-state index in [4.69, 9.17) is 10.5 Å². The van der Waals surface area contributed by atoms with Crippen LogP contribution in [0, 0.1) is 5.92 Å². The number of H-pyrrole nitrogens is 1. The molecule has 0 spiro atoms. The largest absolute Gasteiger partial charge is 0.495 e. The number of nitrogens with two attached hydrogens (primary N) is 1. The van der Waals surface area contributed by atoms with Crippen LogP contribution in [0.2, 0.25) is 0 Å². The van der Waals surface area contributed by atoms with Crippen molar-refractivity contribution in [3.63, 3.8) is 0 Å². The molecule has 6 nitrogen and oxygen atoms in total. The Labute approximate surface area is 183 Å². The van der Waals surface area contributed by atoms with Crippen LogP contribution in [0.4, 0.5) is 0 Å². The van der Waals surface area contributed by atoms with Crippen molar-refractivity contribution >= 4 is 16.8 Å². The Morgan fingerprint density at radius 3 is 2.74 bits per heavy atom. The molecule has 6 heteroatoms. The molecule has 1 amide bonds. The molecule has 1 fully saturated rings. The summed E-state index contributed by atoms with van der Waals surface area (Å²) in [5.41, 5.74) is 8.51. The van der Waals surface area contributed by atoms with Gasteiger partial charge in [-0.2, -0.15) is 0 Å². The van der Waals surface area contributed by atoms with Crippen molar-refractivity contribution in [2.24, 2.45) is 11.7 Å². The van der Waals surface area contributed by atoms with Gasteiger partial charge in [-0.1, -0.05) is 37.5 Å². The number of hydrogen-bond donors (Lipinski definition) is 3. The number of amides is 1. The number of aromatic nitrogens is 2. The molecular weight excluding hydrogens is 388 g/mol. The van der Waals surface area contributed by atoms with Crippen molar-refractivity contribution in [1.29, 1.82) is 0 Å². The fraction of sp³-hybridized carbons (Fsp3) is 0.440. The van der Waals surface area contributed by atoms with E-state index in [2.05, 4.69) is 21.4 Å². The smallest absolute Gasteiger partial charge is 0.240 e. The monoisotopic (exact) mass is 420 g/mol. The molecule has 3 aromatic rings. The molecule has 31 heavy (non-hydrogen) atoms. The summed E-state index contributed by atoms with van der Waals surface area (Å²) in [7, 11) is 1.63. The van der Waals surface area contributed by atoms with Gasteiger partial charge in [0.15, 0.2) is 0 Å². The number of pyridine rings is 1. The molecule has 0 radical (unpaired) electrons. The maximum Gasteiger partial charge on any atom is 0.240 e. The highest BCUT2D eigenvalue weighted by atomic mass is 16.5. The molecule has 1 saturated carbocycles. The minimum Gasteiger partial charge on any atom is -0.495 e. The first-order valence-corrected chi connectivity index (χ1v) is 11.1. The van der Waals surface area contributed by atoms with Crippen molar-refractivity contribution in [3.05, 3.63) is 60.0 Å². The zero-order chi connectivity index (χ0) is 21.8. The quantitative estimate of drug-likeness (QED) is 0.532. The number of aromatic amines is 1. The van der Waals surface area contributed by atoms with Crippen LogP contribution in [0.5, 0.6) is 5.75 Å². The van der Waals surface area contributed by atoms with E-state index in [1.807, 2.05) is 43.5 Å². The molecule has 1 aromatic carbocycles. The highest BCUT2D eigenvalue weighted by Gasteiger charge is 2.34. The summed E-state index contributed by atoms with van der Waals surface area (Å²) in [4.78, 5) is 21.2. The third-order valence-corrected chi connectivity index (χ3v) is 6.47. The average molecular weight is 421 g/mol. The fourth-order valence-electron chi connectivity index (χ4n) is 4.66. The average Bonchev–Trinajstić information content (AvgIpc) is 3.20. The third-order valence-electron chi connectivity index (χ3n) is 6.47. The van der Waals surface area contributed by atoms with Gasteiger partial charge in [0.25, 0.3) is 0 Å². The number of para-hydroxylation sites is 1. The van der Waals surface area contributed by atoms with Crippen LogP contribution >= 0.6 is 0 Å². The fourth-order valence-corrected chi connectivity index (χ4v) is 4.66. The van der Waals surface area contributed by atoms with E-state index in [-0.39, 0.29) is 11.9 Å². The van der Waals surface area contributed by atoms with Gasteiger partial charge in [-0.25, -0.2) is 0 Å². The molecule has 164 valence electrons. The molecular formula is C25H32N4O2. The summed E-state index contributed by atoms with van der Waals surface area (Å²) >= 11 is 0. The Kier molecular flexibility index (Phi) is 6.28. The maximum absolute atomic E-state index is 13.4. The number of ether oxygens (including phenoxy) is 1. The van der Waals surface area contributed by atoms with Crippen molar-refractivity contribution in [1.82, 2.24) is 15.3 Å². The molecule has 2 atom stereocenters. The number of nitrogens with one attached hydrogen (secondary N) is 2. The van der Waals surface area contributed by atoms with Gasteiger partial charge in [-0.3, -0.25) is 9.78 Å². The Morgan fingerprint density at radius 1 is 1.26 bits per heavy atom. The van der Waals surface area contributed by atoms with E-state index in [1.165, 1.54) is 19.3 Å². The summed E-state index contributed by atoms with van der Waals surface area (Å²) in [5.74, 6) is 0.925. The topological polar surface area (TPSA) is 93.0 Å². The summed E-state index contributed by atoms with van der Waals surface area (Å²) in [6.07, 6.45) is 9.91. The minimum absolute atomic E-state index is 0.147. The molecule has 4 rings (SSSR count). The first kappa shape index (κ1) is 21.4. The van der Waals surface area contributed by atoms with Gasteiger partial charge in [0, 0.05) is 23.5 Å². The van der Waals surface area contributed by atoms with Crippen LogP contribution in [0.15, 0.2) is 48.8 Å². The lowest BCUT2D eigenvalue weighted by molar-refractivity contribution is -0.127. The zero-order valence-corrected chi connectivity index (χ0v) is 18.4. The van der Waals surface area contributed by atoms with Crippen LogP contribution in [-0.4, -0.2) is 28.5 Å². The Hall–Kier alpha value is -2.86. The van der Waals surface area contributed by atoms with Crippen LogP contribution < -0.4 is 15.8 Å². The van der Waals surface area contributed by atoms with Crippen LogP contribution in [0.1, 0.15) is 56.3 Å². The number of fused-ring (bicyclic) bond motifs is 1. The number of hydrogen-bond acceptors (Lipinski definition) is 4. The number of carbonyl (C=O) groups is 1. The Balaban J connectivity index is 1.55. The van der Waals surface area contributed by atoms with Gasteiger partial charge in [-0.05, 0) is 49.4 Å². The Morgan fingerprint density at radius 2 is 2.03 bits per heavy atom. The van der Waals surface area contributed by atoms with Gasteiger partial charge in [0.2, 0.25) is 5.91 Å². The number of methoxy groups -OCH3 is 1. The number of nitrogens with zero attached hydrogens (tertiary/aromatic N) is 1. The lowest BCUT2D eigenvalue weighted by Crippen LogP contribution is -2.54. The van der Waals surface area contributed by atoms with Crippen LogP contribution in [0.25, 0.3) is 10.9 Å². The van der Waals surface area contributed by atoms with E-state index in [1.54, 1.807) is 13.3 Å². The molecule has 2 aromatic heterocycles. The highest BCUT2D eigenvalue weighted by molar-refractivity contribution is 5.88. The molecule has 0 bridgehead atoms. The van der Waals surface area contributed by atoms with E-state index < -0.39 is 5.54 Å². The lowest BCUT2D eigenvalue weighted by atomic mass is 9.82. The summed E-state index contributed by atoms with van der Waals surface area (Å²) in [5, 5.41) is 4.37. The second-order valence-corrected chi connectivity index (χ2v) is 8.93. The number of benzene rings is 1. The first-order valence-electron chi connectivity index (χ1n) is 11.1. The van der Waals surface area contributed by atoms with Gasteiger partial charge in [0.1, 0.15) is 5.75 Å². The van der Waals surface area contributed by atoms with E-state index in [0.29, 0.717) is 18.1 Å². The molecule has 2 heterocycles. The SMILES string of the molecule is COc1ccc(C(NC(=O)[C@@](C)(N)Cc2c[nH]c3ccccc23)C2CCCCC2)nc1. The van der Waals surface area contributed by atoms with Gasteiger partial charge < -0.3 is 20.8 Å². The molecule has 1 unspecified atom stereocenters. The van der Waals surface area contributed by atoms with Crippen LogP contribution in [0.3, 0.4) is 0 Å². The first-order chi connectivity index (χ1) is 15.0. The Bertz CT molecular complexity index is 1020. The molecule has 0 aliphatic heterocycles. The molecule has 1 aliphatic carbocycles. The minimum atomic E-state index is -1.04. The zero-order valence-electron chi connectivity index (χ0n) is 18.4. The van der Waals surface area contributed by atoms with E-state index in [9.17, 15) is 4.79 Å². The molecule has 4 N–H and O–H groups in total. The van der Waals surface area contributed by atoms with Crippen molar-refractivity contribution < 1.29 is 9.53 Å². The maximum atomic E-state index is 13.4. The van der Waals surface area contributed by atoms with E-state index in [0.717, 1.165) is 35.0 Å². The lowest BCUT2D eigenvalue weighted by Gasteiger charge is -2.33. The van der Waals surface area contributed by atoms with Crippen molar-refractivity contribution in [3.8, 4) is 5.75 Å². The standard InChI is InChI=1S/C25H32N4O2/c1-25(26,14-18-15-27-21-11-7-6-10-20(18)21)24(30)29-23(17-8-4-3-5-9-17)22-13-12-19(31-2)16-28-22/h6-7,10-13,15-17,23,27H,3-5,8-9,14,26H2,1-2H3,(H,29,30)/t23?,25-/m0/s1. The van der Waals surface area contributed by atoms with Crippen LogP contribution in [-0.2, 0) is 11.2 Å². The second kappa shape index (κ2) is 9.10. The van der Waals surface area contributed by atoms with Crippen molar-refractivity contribution in [2.75, 3.05) is 7.11 Å². The summed E-state index contributed by atoms with van der Waals surface area (Å²) in [6.45, 7) is 1.81. The molecule has 1 aliphatic rings. The highest BCUT2D eigenvalue weighted by Crippen LogP contribution is 2.34.